The quantitative estimate of drug-likeness (QED) is 0.166. The Morgan fingerprint density at radius 2 is 1.26 bits per heavy atom. The molecule has 0 N–H and O–H groups in total. The Hall–Kier alpha value is -9.07. The predicted molar refractivity (Wildman–Crippen MR) is 285 cm³/mol. The van der Waals surface area contributed by atoms with Crippen LogP contribution in [0.1, 0.15) is 35.8 Å². The number of aromatic nitrogens is 5. The summed E-state index contributed by atoms with van der Waals surface area (Å²) in [5.41, 5.74) is 15.2. The molecule has 2 aliphatic rings. The number of hydrogen-bond donors (Lipinski definition) is 0. The van der Waals surface area contributed by atoms with Crippen LogP contribution in [0.25, 0.3) is 128 Å². The van der Waals surface area contributed by atoms with Gasteiger partial charge in [0.2, 0.25) is 0 Å². The highest BCUT2D eigenvalue weighted by Gasteiger charge is 2.28. The second-order valence-corrected chi connectivity index (χ2v) is 18.5. The summed E-state index contributed by atoms with van der Waals surface area (Å²) in [5, 5.41) is 7.72. The Bertz CT molecular complexity index is 4390. The van der Waals surface area contributed by atoms with Gasteiger partial charge >= 0.3 is 0 Å². The lowest BCUT2D eigenvalue weighted by atomic mass is 9.96. The highest BCUT2D eigenvalue weighted by Crippen LogP contribution is 2.47. The summed E-state index contributed by atoms with van der Waals surface area (Å²) in [6.07, 6.45) is 15.8. The van der Waals surface area contributed by atoms with Gasteiger partial charge in [-0.15, -0.1) is 0 Å². The number of hydrogen-bond acceptors (Lipinski definition) is 5. The van der Waals surface area contributed by atoms with Gasteiger partial charge in [0.05, 0.1) is 22.2 Å². The number of nitrogens with zero attached hydrogens (tertiary/aromatic N) is 5. The number of allylic oxidation sites excluding steroid dienone is 5. The highest BCUT2D eigenvalue weighted by molar-refractivity contribution is 6.21. The Balaban J connectivity index is 1.06. The lowest BCUT2D eigenvalue weighted by Crippen LogP contribution is -2.08. The zero-order chi connectivity index (χ0) is 45.9. The van der Waals surface area contributed by atoms with Crippen LogP contribution in [0.3, 0.4) is 0 Å². The first-order valence-corrected chi connectivity index (χ1v) is 24.1. The van der Waals surface area contributed by atoms with Crippen LogP contribution in [0.5, 0.6) is 0 Å². The van der Waals surface area contributed by atoms with Crippen molar-refractivity contribution >= 4 is 82.7 Å². The Kier molecular flexibility index (Phi) is 8.48. The molecule has 0 bridgehead atoms. The summed E-state index contributed by atoms with van der Waals surface area (Å²) in [7, 11) is 0. The van der Waals surface area contributed by atoms with E-state index in [9.17, 15) is 0 Å². The summed E-state index contributed by atoms with van der Waals surface area (Å²) >= 11 is 0. The van der Waals surface area contributed by atoms with Crippen molar-refractivity contribution in [1.82, 2.24) is 24.1 Å². The van der Waals surface area contributed by atoms with E-state index in [1.165, 1.54) is 38.4 Å². The van der Waals surface area contributed by atoms with E-state index >= 15 is 0 Å². The molecule has 1 atom stereocenters. The molecule has 0 fully saturated rings. The molecular formula is C63H41N5O2. The van der Waals surface area contributed by atoms with E-state index in [4.69, 9.17) is 23.8 Å². The van der Waals surface area contributed by atoms with Gasteiger partial charge in [-0.2, -0.15) is 0 Å². The number of rotatable bonds is 6. The molecule has 5 aromatic heterocycles. The average molecular weight is 900 g/mol. The molecule has 0 spiro atoms. The van der Waals surface area contributed by atoms with Gasteiger partial charge in [-0.05, 0) is 79.4 Å². The van der Waals surface area contributed by atoms with Crippen LogP contribution in [-0.4, -0.2) is 24.1 Å². The predicted octanol–water partition coefficient (Wildman–Crippen LogP) is 16.3. The SMILES string of the molecule is C1=CCC(c2nc(-c3ccccc3)nc(-c3ccc(-c4ccc5oc6ccccc6c5c4)c4oc5c(-n6c7c(c8ccc9c%10ccccc%10n(-c%10ccccc%10)c9c86)C=CCC7)cccc5c34)n2)C=C1. The molecule has 1 unspecified atom stereocenters. The Labute approximate surface area is 401 Å². The van der Waals surface area contributed by atoms with E-state index < -0.39 is 0 Å². The standard InChI is InChI=1S/C63H41N5O2/c1-4-17-38(18-5-1)61-64-62(39-19-6-2-7-20-39)66-63(65-61)49-35-32-42(40-31-36-55-50(37-40)45-25-12-15-30-54(45)69-55)60-56(49)48-26-16-29-53(59(48)70-60)68-52-28-14-11-24-44(52)47-34-33-46-43-23-10-13-27-51(43)67(57(46)58(47)68)41-21-8-3-9-22-41/h1-13,15-19,21-27,29-37,39H,14,20,28H2. The first-order chi connectivity index (χ1) is 34.7. The van der Waals surface area contributed by atoms with Crippen LogP contribution in [0, 0.1) is 0 Å². The first kappa shape index (κ1) is 39.0. The maximum Gasteiger partial charge on any atom is 0.164 e. The second kappa shape index (κ2) is 15.2. The zero-order valence-electron chi connectivity index (χ0n) is 37.9. The van der Waals surface area contributed by atoms with E-state index in [0.717, 1.165) is 108 Å². The van der Waals surface area contributed by atoms with Crippen molar-refractivity contribution < 1.29 is 8.83 Å². The molecule has 70 heavy (non-hydrogen) atoms. The number of fused-ring (bicyclic) bond motifs is 13. The summed E-state index contributed by atoms with van der Waals surface area (Å²) in [5.74, 6) is 2.00. The molecule has 0 saturated carbocycles. The molecule has 8 aromatic carbocycles. The van der Waals surface area contributed by atoms with E-state index in [0.29, 0.717) is 11.6 Å². The lowest BCUT2D eigenvalue weighted by molar-refractivity contribution is 0.665. The van der Waals surface area contributed by atoms with Gasteiger partial charge in [0, 0.05) is 77.3 Å². The summed E-state index contributed by atoms with van der Waals surface area (Å²) < 4.78 is 18.8. The van der Waals surface area contributed by atoms with Gasteiger partial charge in [-0.1, -0.05) is 152 Å². The van der Waals surface area contributed by atoms with Gasteiger partial charge in [-0.25, -0.2) is 15.0 Å². The van der Waals surface area contributed by atoms with E-state index in [-0.39, 0.29) is 5.92 Å². The van der Waals surface area contributed by atoms with Crippen molar-refractivity contribution in [2.24, 2.45) is 0 Å². The molecular weight excluding hydrogens is 859 g/mol. The molecule has 7 nitrogen and oxygen atoms in total. The van der Waals surface area contributed by atoms with Crippen molar-refractivity contribution in [3.05, 3.63) is 217 Å². The Morgan fingerprint density at radius 1 is 0.500 bits per heavy atom. The van der Waals surface area contributed by atoms with Gasteiger partial charge < -0.3 is 18.0 Å². The summed E-state index contributed by atoms with van der Waals surface area (Å²) in [6, 6.07) is 60.1. The lowest BCUT2D eigenvalue weighted by Gasteiger charge is -2.15. The van der Waals surface area contributed by atoms with E-state index in [1.54, 1.807) is 0 Å². The monoisotopic (exact) mass is 899 g/mol. The molecule has 0 radical (unpaired) electrons. The minimum atomic E-state index is 0.0127. The minimum Gasteiger partial charge on any atom is -0.456 e. The second-order valence-electron chi connectivity index (χ2n) is 18.5. The number of furan rings is 2. The highest BCUT2D eigenvalue weighted by atomic mass is 16.3. The van der Waals surface area contributed by atoms with Crippen LogP contribution in [0.4, 0.5) is 0 Å². The minimum absolute atomic E-state index is 0.0127. The molecule has 7 heteroatoms. The summed E-state index contributed by atoms with van der Waals surface area (Å²) in [6.45, 7) is 0. The van der Waals surface area contributed by atoms with E-state index in [1.807, 2.05) is 30.3 Å². The smallest absolute Gasteiger partial charge is 0.164 e. The van der Waals surface area contributed by atoms with Crippen LogP contribution in [-0.2, 0) is 6.42 Å². The van der Waals surface area contributed by atoms with Crippen molar-refractivity contribution in [1.29, 1.82) is 0 Å². The maximum absolute atomic E-state index is 7.56. The molecule has 15 rings (SSSR count). The Morgan fingerprint density at radius 3 is 2.14 bits per heavy atom. The third kappa shape index (κ3) is 5.78. The molecule has 0 aliphatic heterocycles. The average Bonchev–Trinajstić information content (AvgIpc) is 4.19. The molecule has 0 saturated heterocycles. The first-order valence-electron chi connectivity index (χ1n) is 24.1. The van der Waals surface area contributed by atoms with Gasteiger partial charge in [-0.3, -0.25) is 0 Å². The van der Waals surface area contributed by atoms with Crippen molar-refractivity contribution in [3.8, 4) is 45.3 Å². The molecule has 13 aromatic rings. The van der Waals surface area contributed by atoms with Crippen LogP contribution in [0.2, 0.25) is 0 Å². The fraction of sp³-hybridized carbons (Fsp3) is 0.0635. The topological polar surface area (TPSA) is 74.8 Å². The zero-order valence-corrected chi connectivity index (χ0v) is 37.9. The van der Waals surface area contributed by atoms with Gasteiger partial charge in [0.25, 0.3) is 0 Å². The normalized spacial score (nSPS) is 14.7. The van der Waals surface area contributed by atoms with Crippen LogP contribution < -0.4 is 0 Å². The number of para-hydroxylation sites is 4. The molecule has 0 amide bonds. The third-order valence-corrected chi connectivity index (χ3v) is 14.5. The fourth-order valence-corrected chi connectivity index (χ4v) is 11.4. The largest absolute Gasteiger partial charge is 0.456 e. The molecule has 5 heterocycles. The van der Waals surface area contributed by atoms with Gasteiger partial charge in [0.15, 0.2) is 17.2 Å². The fourth-order valence-electron chi connectivity index (χ4n) is 11.4. The van der Waals surface area contributed by atoms with Crippen molar-refractivity contribution in [2.45, 2.75) is 25.2 Å². The van der Waals surface area contributed by atoms with Crippen LogP contribution >= 0.6 is 0 Å². The summed E-state index contributed by atoms with van der Waals surface area (Å²) in [4.78, 5) is 15.8. The third-order valence-electron chi connectivity index (χ3n) is 14.5. The van der Waals surface area contributed by atoms with Crippen molar-refractivity contribution in [2.75, 3.05) is 0 Å². The van der Waals surface area contributed by atoms with Crippen molar-refractivity contribution in [3.63, 3.8) is 0 Å². The van der Waals surface area contributed by atoms with Gasteiger partial charge in [0.1, 0.15) is 22.6 Å². The number of benzene rings is 8. The molecule has 2 aliphatic carbocycles. The van der Waals surface area contributed by atoms with E-state index in [2.05, 4.69) is 185 Å². The maximum atomic E-state index is 7.56. The van der Waals surface area contributed by atoms with Crippen LogP contribution in [0.15, 0.2) is 209 Å². The molecule has 330 valence electrons.